The first-order chi connectivity index (χ1) is 6.91. The van der Waals surface area contributed by atoms with E-state index in [4.69, 9.17) is 21.8 Å². The number of carbonyl (C=O) groups is 2. The van der Waals surface area contributed by atoms with Gasteiger partial charge in [0.2, 0.25) is 0 Å². The van der Waals surface area contributed by atoms with Crippen LogP contribution in [0.4, 0.5) is 0 Å². The number of rotatable bonds is 3. The summed E-state index contributed by atoms with van der Waals surface area (Å²) in [4.78, 5) is 21.8. The van der Waals surface area contributed by atoms with Crippen LogP contribution in [0.3, 0.4) is 0 Å². The monoisotopic (exact) mass is 230 g/mol. The van der Waals surface area contributed by atoms with Crippen LogP contribution < -0.4 is 0 Å². The summed E-state index contributed by atoms with van der Waals surface area (Å²) in [5, 5.41) is 17.9. The Morgan fingerprint density at radius 2 is 2.07 bits per heavy atom. The van der Waals surface area contributed by atoms with Crippen molar-refractivity contribution in [3.8, 4) is 0 Å². The third-order valence-electron chi connectivity index (χ3n) is 2.63. The Kier molecular flexibility index (Phi) is 3.19. The molecule has 0 radical (unpaired) electrons. The van der Waals surface area contributed by atoms with E-state index in [1.807, 2.05) is 0 Å². The molecule has 0 saturated heterocycles. The largest absolute Gasteiger partial charge is 0.481 e. The molecule has 82 valence electrons. The molecule has 4 nitrogen and oxygen atoms in total. The maximum atomic E-state index is 11.1. The van der Waals surface area contributed by atoms with Crippen LogP contribution in [-0.4, -0.2) is 28.0 Å². The van der Waals surface area contributed by atoms with Crippen molar-refractivity contribution in [2.45, 2.75) is 13.3 Å². The number of aliphatic carboxylic acids is 2. The molecule has 0 heterocycles. The molecule has 1 rings (SSSR count). The maximum absolute atomic E-state index is 11.1. The molecule has 1 aliphatic carbocycles. The molecule has 1 aliphatic rings. The van der Waals surface area contributed by atoms with Crippen molar-refractivity contribution in [3.05, 3.63) is 23.3 Å². The lowest BCUT2D eigenvalue weighted by atomic mass is 9.74. The molecule has 1 unspecified atom stereocenters. The molecule has 0 aromatic carbocycles. The first kappa shape index (κ1) is 11.8. The molecule has 0 saturated carbocycles. The zero-order valence-electron chi connectivity index (χ0n) is 8.16. The SMILES string of the molecule is CC1(C(=O)O)CC(C(=O)O)=CC=C1CCl. The van der Waals surface area contributed by atoms with Crippen molar-refractivity contribution in [3.63, 3.8) is 0 Å². The smallest absolute Gasteiger partial charge is 0.331 e. The van der Waals surface area contributed by atoms with E-state index >= 15 is 0 Å². The molecule has 0 aromatic rings. The predicted octanol–water partition coefficient (Wildman–Crippen LogP) is 1.66. The van der Waals surface area contributed by atoms with Crippen LogP contribution in [-0.2, 0) is 9.59 Å². The van der Waals surface area contributed by atoms with E-state index < -0.39 is 17.4 Å². The molecule has 0 bridgehead atoms. The Bertz CT molecular complexity index is 370. The van der Waals surface area contributed by atoms with Gasteiger partial charge in [-0.2, -0.15) is 0 Å². The molecule has 0 spiro atoms. The van der Waals surface area contributed by atoms with E-state index in [2.05, 4.69) is 0 Å². The van der Waals surface area contributed by atoms with Gasteiger partial charge in [0, 0.05) is 11.5 Å². The zero-order valence-corrected chi connectivity index (χ0v) is 8.91. The predicted molar refractivity (Wildman–Crippen MR) is 54.9 cm³/mol. The number of carboxylic acid groups (broad SMARTS) is 2. The van der Waals surface area contributed by atoms with Gasteiger partial charge in [-0.25, -0.2) is 4.79 Å². The van der Waals surface area contributed by atoms with Crippen molar-refractivity contribution in [1.82, 2.24) is 0 Å². The van der Waals surface area contributed by atoms with E-state index in [0.29, 0.717) is 5.57 Å². The van der Waals surface area contributed by atoms with Crippen molar-refractivity contribution in [2.24, 2.45) is 5.41 Å². The van der Waals surface area contributed by atoms with E-state index in [9.17, 15) is 9.59 Å². The fourth-order valence-electron chi connectivity index (χ4n) is 1.49. The van der Waals surface area contributed by atoms with Crippen LogP contribution in [0.15, 0.2) is 23.3 Å². The summed E-state index contributed by atoms with van der Waals surface area (Å²) in [6.45, 7) is 1.49. The van der Waals surface area contributed by atoms with Gasteiger partial charge in [0.1, 0.15) is 0 Å². The zero-order chi connectivity index (χ0) is 11.6. The summed E-state index contributed by atoms with van der Waals surface area (Å²) >= 11 is 5.63. The van der Waals surface area contributed by atoms with Crippen LogP contribution in [0.25, 0.3) is 0 Å². The third kappa shape index (κ3) is 2.04. The second-order valence-electron chi connectivity index (χ2n) is 3.64. The van der Waals surface area contributed by atoms with Gasteiger partial charge in [-0.05, 0) is 18.9 Å². The van der Waals surface area contributed by atoms with Gasteiger partial charge in [0.05, 0.1) is 5.41 Å². The fraction of sp³-hybridized carbons (Fsp3) is 0.400. The van der Waals surface area contributed by atoms with Gasteiger partial charge in [-0.3, -0.25) is 4.79 Å². The lowest BCUT2D eigenvalue weighted by molar-refractivity contribution is -0.145. The number of hydrogen-bond acceptors (Lipinski definition) is 2. The highest BCUT2D eigenvalue weighted by Crippen LogP contribution is 2.38. The highest BCUT2D eigenvalue weighted by atomic mass is 35.5. The number of halogens is 1. The molecule has 1 atom stereocenters. The summed E-state index contributed by atoms with van der Waals surface area (Å²) in [5.41, 5.74) is -0.583. The van der Waals surface area contributed by atoms with Gasteiger partial charge in [0.15, 0.2) is 0 Å². The molecule has 5 heteroatoms. The summed E-state index contributed by atoms with van der Waals surface area (Å²) in [5.74, 6) is -2.06. The van der Waals surface area contributed by atoms with E-state index in [0.717, 1.165) is 0 Å². The lowest BCUT2D eigenvalue weighted by Gasteiger charge is -2.29. The molecular weight excluding hydrogens is 220 g/mol. The number of alkyl halides is 1. The molecule has 0 amide bonds. The summed E-state index contributed by atoms with van der Waals surface area (Å²) < 4.78 is 0. The van der Waals surface area contributed by atoms with Crippen LogP contribution in [0.5, 0.6) is 0 Å². The van der Waals surface area contributed by atoms with Crippen LogP contribution in [0.2, 0.25) is 0 Å². The van der Waals surface area contributed by atoms with Crippen LogP contribution in [0, 0.1) is 5.41 Å². The van der Waals surface area contributed by atoms with E-state index in [1.165, 1.54) is 19.1 Å². The Morgan fingerprint density at radius 3 is 2.47 bits per heavy atom. The van der Waals surface area contributed by atoms with Gasteiger partial charge < -0.3 is 10.2 Å². The number of allylic oxidation sites excluding steroid dienone is 2. The highest BCUT2D eigenvalue weighted by molar-refractivity contribution is 6.20. The summed E-state index contributed by atoms with van der Waals surface area (Å²) in [7, 11) is 0. The van der Waals surface area contributed by atoms with Gasteiger partial charge in [-0.15, -0.1) is 11.6 Å². The van der Waals surface area contributed by atoms with E-state index in [1.54, 1.807) is 0 Å². The van der Waals surface area contributed by atoms with Gasteiger partial charge in [0.25, 0.3) is 0 Å². The maximum Gasteiger partial charge on any atom is 0.331 e. The second-order valence-corrected chi connectivity index (χ2v) is 3.90. The Hall–Kier alpha value is -1.29. The molecule has 2 N–H and O–H groups in total. The van der Waals surface area contributed by atoms with Crippen molar-refractivity contribution in [2.75, 3.05) is 5.88 Å². The standard InChI is InChI=1S/C10H11ClO4/c1-10(9(14)15)4-6(8(12)13)2-3-7(10)5-11/h2-3H,4-5H2,1H3,(H,12,13)(H,14,15). The summed E-state index contributed by atoms with van der Waals surface area (Å²) in [6.07, 6.45) is 2.86. The quantitative estimate of drug-likeness (QED) is 0.723. The molecule has 0 aliphatic heterocycles. The van der Waals surface area contributed by atoms with Crippen molar-refractivity contribution in [1.29, 1.82) is 0 Å². The van der Waals surface area contributed by atoms with Crippen LogP contribution in [0.1, 0.15) is 13.3 Å². The van der Waals surface area contributed by atoms with Crippen molar-refractivity contribution >= 4 is 23.5 Å². The van der Waals surface area contributed by atoms with Crippen molar-refractivity contribution < 1.29 is 19.8 Å². The van der Waals surface area contributed by atoms with Gasteiger partial charge >= 0.3 is 11.9 Å². The Balaban J connectivity index is 3.14. The minimum atomic E-state index is -1.20. The molecule has 15 heavy (non-hydrogen) atoms. The van der Waals surface area contributed by atoms with Gasteiger partial charge in [-0.1, -0.05) is 12.2 Å². The first-order valence-corrected chi connectivity index (χ1v) is 4.88. The fourth-order valence-corrected chi connectivity index (χ4v) is 1.87. The number of carboxylic acids is 2. The average molecular weight is 231 g/mol. The molecule has 0 fully saturated rings. The third-order valence-corrected chi connectivity index (χ3v) is 2.92. The van der Waals surface area contributed by atoms with Crippen LogP contribution >= 0.6 is 11.6 Å². The molecule has 0 aromatic heterocycles. The number of hydrogen-bond donors (Lipinski definition) is 2. The topological polar surface area (TPSA) is 74.6 Å². The average Bonchev–Trinajstić information content (AvgIpc) is 2.17. The van der Waals surface area contributed by atoms with E-state index in [-0.39, 0.29) is 17.9 Å². The normalized spacial score (nSPS) is 25.5. The Morgan fingerprint density at radius 1 is 1.47 bits per heavy atom. The summed E-state index contributed by atoms with van der Waals surface area (Å²) in [6, 6.07) is 0. The minimum absolute atomic E-state index is 0.0315. The first-order valence-electron chi connectivity index (χ1n) is 4.34. The lowest BCUT2D eigenvalue weighted by Crippen LogP contribution is -2.33. The molecular formula is C10H11ClO4. The second kappa shape index (κ2) is 4.06. The Labute approximate surface area is 91.9 Å². The minimum Gasteiger partial charge on any atom is -0.481 e. The highest BCUT2D eigenvalue weighted by Gasteiger charge is 2.40.